The summed E-state index contributed by atoms with van der Waals surface area (Å²) < 4.78 is 142. The van der Waals surface area contributed by atoms with Crippen molar-refractivity contribution < 1.29 is 53.0 Å². The maximum absolute atomic E-state index is 12.3. The molecule has 16 heteroatoms. The van der Waals surface area contributed by atoms with Crippen LogP contribution in [0, 0.1) is 0 Å². The van der Waals surface area contributed by atoms with Crippen molar-refractivity contribution in [3.63, 3.8) is 0 Å². The summed E-state index contributed by atoms with van der Waals surface area (Å²) in [5.74, 6) is 0. The summed E-state index contributed by atoms with van der Waals surface area (Å²) in [6, 6.07) is -25.8. The fourth-order valence-electron chi connectivity index (χ4n) is 0.449. The Labute approximate surface area is 99.5 Å². The van der Waals surface area contributed by atoms with E-state index < -0.39 is 34.9 Å². The molecular formula is C4F12N4. The Morgan fingerprint density at radius 1 is 0.500 bits per heavy atom. The van der Waals surface area contributed by atoms with Crippen molar-refractivity contribution in [2.75, 3.05) is 0 Å². The van der Waals surface area contributed by atoms with Crippen LogP contribution < -0.4 is 0 Å². The predicted molar refractivity (Wildman–Crippen MR) is 32.8 cm³/mol. The van der Waals surface area contributed by atoms with Crippen LogP contribution in [0.15, 0.2) is 10.2 Å². The zero-order chi connectivity index (χ0) is 16.6. The van der Waals surface area contributed by atoms with Crippen LogP contribution in [0.25, 0.3) is 0 Å². The number of nitrogens with zero attached hydrogens (tertiary/aromatic N) is 4. The van der Waals surface area contributed by atoms with Gasteiger partial charge >= 0.3 is 24.2 Å². The minimum atomic E-state index is -6.49. The Morgan fingerprint density at radius 2 is 0.700 bits per heavy atom. The van der Waals surface area contributed by atoms with Crippen LogP contribution in [0.4, 0.5) is 53.0 Å². The van der Waals surface area contributed by atoms with Crippen LogP contribution in [0.2, 0.25) is 0 Å². The summed E-state index contributed by atoms with van der Waals surface area (Å²) in [6.07, 6.45) is 0. The van der Waals surface area contributed by atoms with Crippen molar-refractivity contribution in [2.45, 2.75) is 24.2 Å². The average molecular weight is 332 g/mol. The van der Waals surface area contributed by atoms with Gasteiger partial charge in [0, 0.05) is 0 Å². The van der Waals surface area contributed by atoms with Crippen LogP contribution >= 0.6 is 0 Å². The topological polar surface area (TPSA) is 31.2 Å². The molecule has 20 heavy (non-hydrogen) atoms. The van der Waals surface area contributed by atoms with Gasteiger partial charge in [0.2, 0.25) is 0 Å². The fourth-order valence-corrected chi connectivity index (χ4v) is 0.449. The lowest BCUT2D eigenvalue weighted by Gasteiger charge is -2.23. The van der Waals surface area contributed by atoms with Gasteiger partial charge in [-0.1, -0.05) is 17.9 Å². The van der Waals surface area contributed by atoms with Crippen LogP contribution in [0.5, 0.6) is 0 Å². The van der Waals surface area contributed by atoms with E-state index in [1.54, 1.807) is 0 Å². The van der Waals surface area contributed by atoms with Crippen LogP contribution in [-0.4, -0.2) is 34.9 Å². The Kier molecular flexibility index (Phi) is 4.88. The Balaban J connectivity index is 5.41. The second-order valence-electron chi connectivity index (χ2n) is 2.83. The molecule has 120 valence electrons. The highest BCUT2D eigenvalue weighted by molar-refractivity contribution is 4.80. The number of hydrogen-bond acceptors (Lipinski definition) is 4. The third-order valence-corrected chi connectivity index (χ3v) is 1.45. The molecule has 0 saturated heterocycles. The molecule has 0 spiro atoms. The Morgan fingerprint density at radius 3 is 0.850 bits per heavy atom. The fraction of sp³-hybridized carbons (Fsp3) is 1.00. The first-order valence-corrected chi connectivity index (χ1v) is 3.78. The molecule has 0 aliphatic carbocycles. The van der Waals surface area contributed by atoms with Crippen molar-refractivity contribution in [3.05, 3.63) is 0 Å². The van der Waals surface area contributed by atoms with E-state index in [2.05, 4.69) is 0 Å². The molecule has 0 aliphatic rings. The van der Waals surface area contributed by atoms with Gasteiger partial charge in [0.25, 0.3) is 0 Å². The lowest BCUT2D eigenvalue weighted by Crippen LogP contribution is -2.49. The number of hydrogen-bond donors (Lipinski definition) is 0. The molecule has 0 saturated carbocycles. The van der Waals surface area contributed by atoms with Crippen LogP contribution in [-0.2, 0) is 0 Å². The van der Waals surface area contributed by atoms with E-state index in [-0.39, 0.29) is 0 Å². The molecule has 0 heterocycles. The van der Waals surface area contributed by atoms with E-state index in [0.29, 0.717) is 10.2 Å². The summed E-state index contributed by atoms with van der Waals surface area (Å²) in [7, 11) is 0. The van der Waals surface area contributed by atoms with Crippen LogP contribution in [0.3, 0.4) is 0 Å². The van der Waals surface area contributed by atoms with Gasteiger partial charge in [0.15, 0.2) is 0 Å². The van der Waals surface area contributed by atoms with Gasteiger partial charge in [-0.3, -0.25) is 0 Å². The average Bonchev–Trinajstić information content (AvgIpc) is 2.25. The van der Waals surface area contributed by atoms with E-state index in [9.17, 15) is 53.0 Å². The summed E-state index contributed by atoms with van der Waals surface area (Å²) >= 11 is 0. The maximum atomic E-state index is 12.3. The SMILES string of the molecule is FN(F)C(F)(F)C(F)(F)N=NC(F)(F)C(F)(F)N(F)F. The smallest absolute Gasteiger partial charge is 0.174 e. The molecule has 0 unspecified atom stereocenters. The molecule has 0 aromatic heterocycles. The second-order valence-corrected chi connectivity index (χ2v) is 2.83. The second kappa shape index (κ2) is 5.23. The molecule has 0 fully saturated rings. The highest BCUT2D eigenvalue weighted by atomic mass is 19.4. The monoisotopic (exact) mass is 332 g/mol. The zero-order valence-corrected chi connectivity index (χ0v) is 8.32. The van der Waals surface area contributed by atoms with Crippen molar-refractivity contribution in [3.8, 4) is 0 Å². The minimum Gasteiger partial charge on any atom is -0.174 e. The zero-order valence-electron chi connectivity index (χ0n) is 8.32. The normalized spacial score (nSPS) is 15.7. The summed E-state index contributed by atoms with van der Waals surface area (Å²) in [4.78, 5) is 0. The van der Waals surface area contributed by atoms with Gasteiger partial charge in [-0.15, -0.1) is 10.2 Å². The first-order chi connectivity index (χ1) is 8.59. The minimum absolute atomic E-state index is 0.599. The standard InChI is InChI=1S/C4F12N4/c5-1(6,3(9,10)19(13)14)17-18-2(7,8)4(11,12)20(15)16. The van der Waals surface area contributed by atoms with E-state index in [0.717, 1.165) is 0 Å². The number of halogens is 12. The van der Waals surface area contributed by atoms with Crippen molar-refractivity contribution in [1.82, 2.24) is 10.7 Å². The number of azo groups is 1. The van der Waals surface area contributed by atoms with Gasteiger partial charge in [-0.05, 0) is 0 Å². The molecule has 0 aromatic carbocycles. The van der Waals surface area contributed by atoms with E-state index in [1.807, 2.05) is 0 Å². The van der Waals surface area contributed by atoms with Gasteiger partial charge in [0.1, 0.15) is 0 Å². The first-order valence-electron chi connectivity index (χ1n) is 3.78. The first kappa shape index (κ1) is 18.7. The van der Waals surface area contributed by atoms with E-state index >= 15 is 0 Å². The molecule has 0 rings (SSSR count). The molecular weight excluding hydrogens is 332 g/mol. The lowest BCUT2D eigenvalue weighted by atomic mass is 10.5. The third-order valence-electron chi connectivity index (χ3n) is 1.45. The summed E-state index contributed by atoms with van der Waals surface area (Å²) in [5, 5.41) is -5.72. The Bertz CT molecular complexity index is 328. The van der Waals surface area contributed by atoms with Gasteiger partial charge in [-0.2, -0.15) is 35.1 Å². The number of alkyl halides is 8. The van der Waals surface area contributed by atoms with Gasteiger partial charge < -0.3 is 0 Å². The van der Waals surface area contributed by atoms with Crippen molar-refractivity contribution in [1.29, 1.82) is 0 Å². The highest BCUT2D eigenvalue weighted by Gasteiger charge is 2.67. The molecule has 0 atom stereocenters. The van der Waals surface area contributed by atoms with Gasteiger partial charge in [0.05, 0.1) is 10.7 Å². The van der Waals surface area contributed by atoms with E-state index in [4.69, 9.17) is 0 Å². The van der Waals surface area contributed by atoms with Gasteiger partial charge in [-0.25, -0.2) is 0 Å². The Hall–Kier alpha value is -1.32. The summed E-state index contributed by atoms with van der Waals surface area (Å²) in [6.45, 7) is 0. The van der Waals surface area contributed by atoms with E-state index in [1.165, 1.54) is 0 Å². The molecule has 0 aliphatic heterocycles. The lowest BCUT2D eigenvalue weighted by molar-refractivity contribution is -0.407. The molecule has 0 radical (unpaired) electrons. The molecule has 0 amide bonds. The largest absolute Gasteiger partial charge is 0.443 e. The molecule has 4 nitrogen and oxygen atoms in total. The summed E-state index contributed by atoms with van der Waals surface area (Å²) in [5.41, 5.74) is 0. The molecule has 0 bridgehead atoms. The third kappa shape index (κ3) is 3.22. The van der Waals surface area contributed by atoms with Crippen molar-refractivity contribution in [2.24, 2.45) is 10.2 Å². The number of rotatable bonds is 6. The van der Waals surface area contributed by atoms with Crippen molar-refractivity contribution >= 4 is 0 Å². The highest BCUT2D eigenvalue weighted by Crippen LogP contribution is 2.43. The maximum Gasteiger partial charge on any atom is 0.443 e. The molecule has 0 aromatic rings. The quantitative estimate of drug-likeness (QED) is 0.319. The molecule has 0 N–H and O–H groups in total. The van der Waals surface area contributed by atoms with Crippen LogP contribution in [0.1, 0.15) is 0 Å². The predicted octanol–water partition coefficient (Wildman–Crippen LogP) is 3.95.